The minimum absolute atomic E-state index is 0.0132. The van der Waals surface area contributed by atoms with E-state index >= 15 is 0 Å². The van der Waals surface area contributed by atoms with Gasteiger partial charge >= 0.3 is 5.97 Å². The fraction of sp³-hybridized carbons (Fsp3) is 0.300. The normalized spacial score (nSPS) is 12.2. The van der Waals surface area contributed by atoms with Gasteiger partial charge in [0.1, 0.15) is 12.7 Å². The van der Waals surface area contributed by atoms with Crippen LogP contribution in [0.15, 0.2) is 30.3 Å². The van der Waals surface area contributed by atoms with Crippen molar-refractivity contribution in [2.75, 3.05) is 6.61 Å². The van der Waals surface area contributed by atoms with Crippen molar-refractivity contribution < 1.29 is 14.6 Å². The van der Waals surface area contributed by atoms with E-state index in [1.165, 1.54) is 6.92 Å². The van der Waals surface area contributed by atoms with Gasteiger partial charge in [-0.05, 0) is 5.56 Å². The van der Waals surface area contributed by atoms with Gasteiger partial charge in [0.2, 0.25) is 0 Å². The molecule has 0 saturated carbocycles. The van der Waals surface area contributed by atoms with E-state index in [-0.39, 0.29) is 12.6 Å². The van der Waals surface area contributed by atoms with Crippen LogP contribution in [0.4, 0.5) is 0 Å². The Hall–Kier alpha value is -1.35. The molecule has 0 fully saturated rings. The van der Waals surface area contributed by atoms with Gasteiger partial charge in [-0.2, -0.15) is 0 Å². The van der Waals surface area contributed by atoms with E-state index in [0.29, 0.717) is 0 Å². The van der Waals surface area contributed by atoms with Crippen LogP contribution in [0.2, 0.25) is 0 Å². The zero-order valence-corrected chi connectivity index (χ0v) is 7.43. The molecule has 13 heavy (non-hydrogen) atoms. The van der Waals surface area contributed by atoms with Crippen LogP contribution in [0.5, 0.6) is 0 Å². The second-order valence-corrected chi connectivity index (χ2v) is 2.73. The van der Waals surface area contributed by atoms with Gasteiger partial charge in [-0.1, -0.05) is 30.3 Å². The van der Waals surface area contributed by atoms with Crippen molar-refractivity contribution in [3.8, 4) is 0 Å². The van der Waals surface area contributed by atoms with E-state index in [9.17, 15) is 9.90 Å². The molecule has 0 aromatic heterocycles. The van der Waals surface area contributed by atoms with Gasteiger partial charge in [-0.25, -0.2) is 0 Å². The first kappa shape index (κ1) is 9.74. The molecule has 1 rings (SSSR count). The number of rotatable bonds is 3. The largest absolute Gasteiger partial charge is 0.463 e. The molecule has 0 aliphatic rings. The standard InChI is InChI=1S/C10H12O3/c1-8(11)13-7-10(12)9-5-3-2-4-6-9/h2-6,10,12H,7H2,1H3/t10-/m0/s1. The topological polar surface area (TPSA) is 46.5 Å². The average Bonchev–Trinajstić information content (AvgIpc) is 2.15. The molecule has 1 aromatic carbocycles. The van der Waals surface area contributed by atoms with Gasteiger partial charge in [0.15, 0.2) is 0 Å². The lowest BCUT2D eigenvalue weighted by Crippen LogP contribution is -2.09. The summed E-state index contributed by atoms with van der Waals surface area (Å²) in [5.74, 6) is -0.380. The van der Waals surface area contributed by atoms with Crippen molar-refractivity contribution >= 4 is 5.97 Å². The van der Waals surface area contributed by atoms with E-state index in [0.717, 1.165) is 5.56 Å². The molecule has 1 aromatic rings. The first-order chi connectivity index (χ1) is 6.20. The van der Waals surface area contributed by atoms with Crippen LogP contribution < -0.4 is 0 Å². The summed E-state index contributed by atoms with van der Waals surface area (Å²) in [6, 6.07) is 9.09. The van der Waals surface area contributed by atoms with Gasteiger partial charge in [-0.15, -0.1) is 0 Å². The molecule has 0 spiro atoms. The van der Waals surface area contributed by atoms with E-state index < -0.39 is 6.10 Å². The van der Waals surface area contributed by atoms with Crippen molar-refractivity contribution in [2.24, 2.45) is 0 Å². The Labute approximate surface area is 77.0 Å². The Kier molecular flexibility index (Phi) is 3.46. The molecule has 0 radical (unpaired) electrons. The minimum Gasteiger partial charge on any atom is -0.463 e. The maximum Gasteiger partial charge on any atom is 0.302 e. The predicted octanol–water partition coefficient (Wildman–Crippen LogP) is 1.28. The van der Waals surface area contributed by atoms with E-state index in [1.807, 2.05) is 18.2 Å². The summed E-state index contributed by atoms with van der Waals surface area (Å²) in [5, 5.41) is 9.49. The molecule has 70 valence electrons. The number of aliphatic hydroxyl groups excluding tert-OH is 1. The number of aliphatic hydroxyl groups is 1. The lowest BCUT2D eigenvalue weighted by molar-refractivity contribution is -0.144. The zero-order valence-electron chi connectivity index (χ0n) is 7.43. The summed E-state index contributed by atoms with van der Waals surface area (Å²) in [5.41, 5.74) is 0.753. The highest BCUT2D eigenvalue weighted by Crippen LogP contribution is 2.11. The second kappa shape index (κ2) is 4.62. The quantitative estimate of drug-likeness (QED) is 0.713. The summed E-state index contributed by atoms with van der Waals surface area (Å²) in [4.78, 5) is 10.4. The zero-order chi connectivity index (χ0) is 9.68. The molecule has 0 aliphatic heterocycles. The highest BCUT2D eigenvalue weighted by atomic mass is 16.5. The molecular formula is C10H12O3. The second-order valence-electron chi connectivity index (χ2n) is 2.73. The molecule has 3 nitrogen and oxygen atoms in total. The summed E-state index contributed by atoms with van der Waals surface area (Å²) >= 11 is 0. The van der Waals surface area contributed by atoms with E-state index in [1.54, 1.807) is 12.1 Å². The molecule has 0 saturated heterocycles. The monoisotopic (exact) mass is 180 g/mol. The number of esters is 1. The fourth-order valence-corrected chi connectivity index (χ4v) is 0.968. The number of carbonyl (C=O) groups excluding carboxylic acids is 1. The third kappa shape index (κ3) is 3.25. The Morgan fingerprint density at radius 2 is 2.08 bits per heavy atom. The lowest BCUT2D eigenvalue weighted by Gasteiger charge is -2.09. The molecule has 1 atom stereocenters. The van der Waals surface area contributed by atoms with Crippen LogP contribution in [-0.4, -0.2) is 17.7 Å². The number of benzene rings is 1. The van der Waals surface area contributed by atoms with Crippen molar-refractivity contribution in [2.45, 2.75) is 13.0 Å². The highest BCUT2D eigenvalue weighted by molar-refractivity contribution is 5.65. The molecule has 0 bridgehead atoms. The molecule has 0 amide bonds. The minimum atomic E-state index is -0.731. The summed E-state index contributed by atoms with van der Waals surface area (Å²) in [6.07, 6.45) is -0.731. The molecular weight excluding hydrogens is 168 g/mol. The number of hydrogen-bond donors (Lipinski definition) is 1. The summed E-state index contributed by atoms with van der Waals surface area (Å²) < 4.78 is 4.67. The van der Waals surface area contributed by atoms with Gasteiger partial charge in [0.05, 0.1) is 0 Å². The average molecular weight is 180 g/mol. The van der Waals surface area contributed by atoms with Crippen LogP contribution in [0, 0.1) is 0 Å². The predicted molar refractivity (Wildman–Crippen MR) is 48.0 cm³/mol. The van der Waals surface area contributed by atoms with Gasteiger partial charge in [-0.3, -0.25) is 4.79 Å². The number of carbonyl (C=O) groups is 1. The third-order valence-corrected chi connectivity index (χ3v) is 1.63. The van der Waals surface area contributed by atoms with Crippen LogP contribution in [0.1, 0.15) is 18.6 Å². The van der Waals surface area contributed by atoms with Crippen molar-refractivity contribution in [3.05, 3.63) is 35.9 Å². The van der Waals surface area contributed by atoms with Gasteiger partial charge < -0.3 is 9.84 Å². The Bertz CT molecular complexity index is 269. The van der Waals surface area contributed by atoms with Crippen LogP contribution in [0.25, 0.3) is 0 Å². The van der Waals surface area contributed by atoms with E-state index in [2.05, 4.69) is 4.74 Å². The van der Waals surface area contributed by atoms with Crippen molar-refractivity contribution in [3.63, 3.8) is 0 Å². The van der Waals surface area contributed by atoms with Gasteiger partial charge in [0.25, 0.3) is 0 Å². The summed E-state index contributed by atoms with van der Waals surface area (Å²) in [7, 11) is 0. The molecule has 0 heterocycles. The lowest BCUT2D eigenvalue weighted by atomic mass is 10.1. The van der Waals surface area contributed by atoms with Crippen LogP contribution in [0.3, 0.4) is 0 Å². The smallest absolute Gasteiger partial charge is 0.302 e. The SMILES string of the molecule is CC(=O)OC[C@H](O)c1ccccc1. The molecule has 0 aliphatic carbocycles. The van der Waals surface area contributed by atoms with Crippen LogP contribution >= 0.6 is 0 Å². The van der Waals surface area contributed by atoms with Crippen LogP contribution in [-0.2, 0) is 9.53 Å². The fourth-order valence-electron chi connectivity index (χ4n) is 0.968. The maximum atomic E-state index is 10.4. The Morgan fingerprint density at radius 1 is 1.46 bits per heavy atom. The van der Waals surface area contributed by atoms with Crippen molar-refractivity contribution in [1.82, 2.24) is 0 Å². The number of hydrogen-bond acceptors (Lipinski definition) is 3. The molecule has 1 N–H and O–H groups in total. The Balaban J connectivity index is 2.49. The first-order valence-corrected chi connectivity index (χ1v) is 4.06. The Morgan fingerprint density at radius 3 is 2.62 bits per heavy atom. The number of ether oxygens (including phenoxy) is 1. The van der Waals surface area contributed by atoms with Crippen molar-refractivity contribution in [1.29, 1.82) is 0 Å². The first-order valence-electron chi connectivity index (χ1n) is 4.06. The summed E-state index contributed by atoms with van der Waals surface area (Å²) in [6.45, 7) is 1.33. The van der Waals surface area contributed by atoms with E-state index in [4.69, 9.17) is 0 Å². The molecule has 3 heteroatoms. The third-order valence-electron chi connectivity index (χ3n) is 1.63. The van der Waals surface area contributed by atoms with Gasteiger partial charge in [0, 0.05) is 6.92 Å². The maximum absolute atomic E-state index is 10.4. The highest BCUT2D eigenvalue weighted by Gasteiger charge is 2.07. The molecule has 0 unspecified atom stereocenters.